The van der Waals surface area contributed by atoms with Crippen LogP contribution in [-0.4, -0.2) is 90.4 Å². The number of piperazine rings is 1. The van der Waals surface area contributed by atoms with Crippen molar-refractivity contribution in [3.63, 3.8) is 0 Å². The number of benzene rings is 1. The van der Waals surface area contributed by atoms with Crippen molar-refractivity contribution in [2.45, 2.75) is 63.9 Å². The Hall–Kier alpha value is -2.73. The van der Waals surface area contributed by atoms with Crippen LogP contribution in [0.3, 0.4) is 0 Å². The molecule has 4 fully saturated rings. The number of aromatic nitrogens is 1. The zero-order valence-electron chi connectivity index (χ0n) is 28.5. The molecule has 2 saturated heterocycles. The molecule has 2 saturated carbocycles. The highest BCUT2D eigenvalue weighted by Gasteiger charge is 2.38. The first kappa shape index (κ1) is 35.1. The highest BCUT2D eigenvalue weighted by atomic mass is 35.5. The summed E-state index contributed by atoms with van der Waals surface area (Å²) in [5.74, 6) is 0.987. The molecule has 2 N–H and O–H groups in total. The highest BCUT2D eigenvalue weighted by molar-refractivity contribution is 8.14. The minimum Gasteiger partial charge on any atom is -0.353 e. The van der Waals surface area contributed by atoms with E-state index in [1.54, 1.807) is 24.9 Å². The van der Waals surface area contributed by atoms with E-state index in [1.807, 2.05) is 38.3 Å². The number of nitrogens with zero attached hydrogens (tertiary/aromatic N) is 4. The SMILES string of the molecule is C=C(/C=C(/Nc1ccnc(NC(=C2CCC2)C2CC(N3CCN(C)CC3)C2)c1)C(=NC)SCC1COC(C)(C)O1)c1cc(Cl)ccc1F. The summed E-state index contributed by atoms with van der Waals surface area (Å²) in [6, 6.07) is 9.11. The topological polar surface area (TPSA) is 74.3 Å². The van der Waals surface area contributed by atoms with Gasteiger partial charge in [-0.3, -0.25) is 9.89 Å². The molecule has 0 amide bonds. The number of pyridine rings is 1. The minimum atomic E-state index is -0.608. The number of hydrogen-bond acceptors (Lipinski definition) is 9. The first-order valence-electron chi connectivity index (χ1n) is 17.0. The molecule has 1 atom stereocenters. The fourth-order valence-corrected chi connectivity index (χ4v) is 7.78. The molecule has 0 spiro atoms. The van der Waals surface area contributed by atoms with Crippen LogP contribution in [0.5, 0.6) is 0 Å². The van der Waals surface area contributed by atoms with Crippen molar-refractivity contribution < 1.29 is 13.9 Å². The van der Waals surface area contributed by atoms with Gasteiger partial charge in [0, 0.05) is 85.2 Å². The van der Waals surface area contributed by atoms with E-state index in [0.717, 1.165) is 55.6 Å². The van der Waals surface area contributed by atoms with Crippen molar-refractivity contribution in [1.29, 1.82) is 0 Å². The standard InChI is InChI=1S/C37H48ClFN6O2S/c1-24(31-20-27(38)9-10-32(31)39)17-33(36(40-4)48-23-30-22-46-37(2,3)47-30)42-28-11-12-41-34(21-28)43-35(25-7-6-8-25)26-18-29(19-26)45-15-13-44(5)14-16-45/h9-12,17,20-21,26,29-30H,1,6-8,13-16,18-19,22-23H2,2-5H3,(H2,41,42,43)/b33-17+,40-36?. The smallest absolute Gasteiger partial charge is 0.163 e. The third kappa shape index (κ3) is 8.70. The van der Waals surface area contributed by atoms with E-state index in [2.05, 4.69) is 39.1 Å². The van der Waals surface area contributed by atoms with Gasteiger partial charge in [-0.05, 0) is 88.9 Å². The van der Waals surface area contributed by atoms with Gasteiger partial charge >= 0.3 is 0 Å². The van der Waals surface area contributed by atoms with E-state index in [0.29, 0.717) is 46.2 Å². The molecule has 1 aromatic carbocycles. The van der Waals surface area contributed by atoms with Gasteiger partial charge < -0.3 is 25.0 Å². The molecule has 0 bridgehead atoms. The number of allylic oxidation sites excluding steroid dienone is 4. The Morgan fingerprint density at radius 1 is 1.17 bits per heavy atom. The number of anilines is 2. The van der Waals surface area contributed by atoms with Crippen LogP contribution in [0.25, 0.3) is 5.57 Å². The largest absolute Gasteiger partial charge is 0.353 e. The Morgan fingerprint density at radius 3 is 2.60 bits per heavy atom. The zero-order valence-corrected chi connectivity index (χ0v) is 30.1. The van der Waals surface area contributed by atoms with Crippen LogP contribution >= 0.6 is 23.4 Å². The summed E-state index contributed by atoms with van der Waals surface area (Å²) in [6.07, 6.45) is 9.52. The molecule has 3 heterocycles. The summed E-state index contributed by atoms with van der Waals surface area (Å²) in [7, 11) is 3.96. The summed E-state index contributed by atoms with van der Waals surface area (Å²) >= 11 is 7.78. The molecule has 4 aliphatic rings. The number of nitrogens with one attached hydrogen (secondary N) is 2. The van der Waals surface area contributed by atoms with Gasteiger partial charge in [-0.25, -0.2) is 9.37 Å². The van der Waals surface area contributed by atoms with Gasteiger partial charge in [0.1, 0.15) is 16.7 Å². The molecule has 48 heavy (non-hydrogen) atoms. The van der Waals surface area contributed by atoms with Crippen LogP contribution in [0.15, 0.2) is 71.1 Å². The summed E-state index contributed by atoms with van der Waals surface area (Å²) in [4.78, 5) is 14.4. The lowest BCUT2D eigenvalue weighted by Gasteiger charge is -2.47. The molecule has 1 aromatic heterocycles. The van der Waals surface area contributed by atoms with Crippen LogP contribution in [0, 0.1) is 11.7 Å². The number of rotatable bonds is 11. The maximum absolute atomic E-state index is 14.9. The monoisotopic (exact) mass is 694 g/mol. The lowest BCUT2D eigenvalue weighted by atomic mass is 9.73. The maximum atomic E-state index is 14.9. The van der Waals surface area contributed by atoms with Crippen LogP contribution < -0.4 is 10.6 Å². The van der Waals surface area contributed by atoms with Crippen molar-refractivity contribution >= 4 is 45.5 Å². The quantitative estimate of drug-likeness (QED) is 0.141. The van der Waals surface area contributed by atoms with E-state index in [9.17, 15) is 4.39 Å². The second kappa shape index (κ2) is 15.4. The van der Waals surface area contributed by atoms with Crippen LogP contribution in [-0.2, 0) is 9.47 Å². The van der Waals surface area contributed by atoms with Gasteiger partial charge in [0.15, 0.2) is 5.79 Å². The van der Waals surface area contributed by atoms with Crippen LogP contribution in [0.4, 0.5) is 15.9 Å². The van der Waals surface area contributed by atoms with Crippen LogP contribution in [0.1, 0.15) is 51.5 Å². The fraction of sp³-hybridized carbons (Fsp3) is 0.514. The number of halogens is 2. The van der Waals surface area contributed by atoms with Crippen molar-refractivity contribution in [1.82, 2.24) is 14.8 Å². The summed E-state index contributed by atoms with van der Waals surface area (Å²) < 4.78 is 26.7. The molecule has 2 aliphatic heterocycles. The van der Waals surface area contributed by atoms with Crippen molar-refractivity contribution in [2.75, 3.05) is 63.3 Å². The lowest BCUT2D eigenvalue weighted by molar-refractivity contribution is -0.135. The second-order valence-corrected chi connectivity index (χ2v) is 15.2. The molecule has 2 aliphatic carbocycles. The van der Waals surface area contributed by atoms with E-state index >= 15 is 0 Å². The van der Waals surface area contributed by atoms with Gasteiger partial charge in [-0.1, -0.05) is 23.8 Å². The Labute approximate surface area is 293 Å². The normalized spacial score (nSPS) is 25.0. The summed E-state index contributed by atoms with van der Waals surface area (Å²) in [6.45, 7) is 13.2. The Kier molecular flexibility index (Phi) is 11.3. The van der Waals surface area contributed by atoms with E-state index in [4.69, 9.17) is 26.1 Å². The van der Waals surface area contributed by atoms with Crippen LogP contribution in [0.2, 0.25) is 5.02 Å². The zero-order chi connectivity index (χ0) is 33.8. The first-order valence-corrected chi connectivity index (χ1v) is 18.4. The average molecular weight is 695 g/mol. The summed E-state index contributed by atoms with van der Waals surface area (Å²) in [5.41, 5.74) is 5.24. The molecule has 6 rings (SSSR count). The fourth-order valence-electron chi connectivity index (χ4n) is 6.71. The van der Waals surface area contributed by atoms with Crippen molar-refractivity contribution in [3.8, 4) is 0 Å². The molecule has 1 unspecified atom stereocenters. The maximum Gasteiger partial charge on any atom is 0.163 e. The van der Waals surface area contributed by atoms with Gasteiger partial charge in [0.05, 0.1) is 18.4 Å². The number of aliphatic imine (C=N–C) groups is 1. The lowest BCUT2D eigenvalue weighted by Crippen LogP contribution is -2.53. The van der Waals surface area contributed by atoms with Gasteiger partial charge in [0.25, 0.3) is 0 Å². The Bertz CT molecular complexity index is 1580. The molecule has 0 radical (unpaired) electrons. The van der Waals surface area contributed by atoms with Crippen molar-refractivity contribution in [3.05, 3.63) is 82.6 Å². The number of likely N-dealkylation sites (N-methyl/N-ethyl adjacent to an activating group) is 1. The molecular formula is C37H48ClFN6O2S. The van der Waals surface area contributed by atoms with Gasteiger partial charge in [-0.2, -0.15) is 0 Å². The predicted octanol–water partition coefficient (Wildman–Crippen LogP) is 7.67. The third-order valence-corrected chi connectivity index (χ3v) is 11.2. The Balaban J connectivity index is 1.19. The Morgan fingerprint density at radius 2 is 1.94 bits per heavy atom. The molecule has 258 valence electrons. The minimum absolute atomic E-state index is 0.0753. The number of ether oxygens (including phenoxy) is 2. The average Bonchev–Trinajstić information content (AvgIpc) is 3.36. The second-order valence-electron chi connectivity index (χ2n) is 13.7. The molecular weight excluding hydrogens is 647 g/mol. The van der Waals surface area contributed by atoms with Gasteiger partial charge in [0.2, 0.25) is 0 Å². The van der Waals surface area contributed by atoms with Crippen molar-refractivity contribution in [2.24, 2.45) is 10.9 Å². The third-order valence-electron chi connectivity index (χ3n) is 9.72. The number of hydrogen-bond donors (Lipinski definition) is 2. The van der Waals surface area contributed by atoms with Gasteiger partial charge in [-0.15, -0.1) is 11.8 Å². The predicted molar refractivity (Wildman–Crippen MR) is 197 cm³/mol. The van der Waals surface area contributed by atoms with E-state index in [1.165, 1.54) is 42.7 Å². The number of thioether (sulfide) groups is 1. The van der Waals surface area contributed by atoms with E-state index < -0.39 is 5.79 Å². The molecule has 2 aromatic rings. The highest BCUT2D eigenvalue weighted by Crippen LogP contribution is 2.43. The van der Waals surface area contributed by atoms with E-state index in [-0.39, 0.29) is 11.9 Å². The first-order chi connectivity index (χ1) is 23.1. The summed E-state index contributed by atoms with van der Waals surface area (Å²) in [5, 5.41) is 8.49. The molecule has 8 nitrogen and oxygen atoms in total. The molecule has 11 heteroatoms.